The minimum absolute atomic E-state index is 0.103. The number of benzene rings is 3. The second-order valence-electron chi connectivity index (χ2n) is 8.24. The van der Waals surface area contributed by atoms with E-state index in [0.29, 0.717) is 17.1 Å². The van der Waals surface area contributed by atoms with Crippen molar-refractivity contribution in [3.05, 3.63) is 126 Å². The predicted molar refractivity (Wildman–Crippen MR) is 152 cm³/mol. The molecule has 1 unspecified atom stereocenters. The van der Waals surface area contributed by atoms with Crippen molar-refractivity contribution < 1.29 is 14.4 Å². The fourth-order valence-electron chi connectivity index (χ4n) is 3.43. The Bertz CT molecular complexity index is 1430. The van der Waals surface area contributed by atoms with E-state index in [1.54, 1.807) is 79.9 Å². The summed E-state index contributed by atoms with van der Waals surface area (Å²) in [4.78, 5) is 43.5. The van der Waals surface area contributed by atoms with Crippen molar-refractivity contribution >= 4 is 47.1 Å². The molecular weight excluding hydrogens is 496 g/mol. The molecule has 7 nitrogen and oxygen atoms in total. The van der Waals surface area contributed by atoms with Crippen LogP contribution in [0.2, 0.25) is 0 Å². The van der Waals surface area contributed by atoms with Crippen molar-refractivity contribution in [1.82, 2.24) is 10.3 Å². The van der Waals surface area contributed by atoms with Gasteiger partial charge in [-0.1, -0.05) is 60.7 Å². The minimum Gasteiger partial charge on any atom is -0.321 e. The molecule has 0 radical (unpaired) electrons. The summed E-state index contributed by atoms with van der Waals surface area (Å²) < 4.78 is 0. The molecule has 38 heavy (non-hydrogen) atoms. The van der Waals surface area contributed by atoms with Crippen LogP contribution in [0.5, 0.6) is 0 Å². The van der Waals surface area contributed by atoms with Crippen molar-refractivity contribution in [3.8, 4) is 0 Å². The summed E-state index contributed by atoms with van der Waals surface area (Å²) in [5, 5.41) is 7.98. The molecule has 8 heteroatoms. The van der Waals surface area contributed by atoms with Crippen molar-refractivity contribution in [1.29, 1.82) is 0 Å². The van der Waals surface area contributed by atoms with Gasteiger partial charge >= 0.3 is 0 Å². The van der Waals surface area contributed by atoms with E-state index in [1.165, 1.54) is 11.8 Å². The molecule has 190 valence electrons. The Labute approximate surface area is 225 Å². The fourth-order valence-corrected chi connectivity index (χ4v) is 4.35. The number of thioether (sulfide) groups is 1. The van der Waals surface area contributed by atoms with Gasteiger partial charge in [-0.2, -0.15) is 0 Å². The highest BCUT2D eigenvalue weighted by Crippen LogP contribution is 2.26. The SMILES string of the molecule is CC(Sc1cccc(NC(=O)/C(=C/c2ccccc2)NC(=O)c2ccccc2)c1)C(=O)Nc1ccccn1. The van der Waals surface area contributed by atoms with Crippen LogP contribution in [-0.4, -0.2) is 28.0 Å². The van der Waals surface area contributed by atoms with E-state index >= 15 is 0 Å². The number of hydrogen-bond donors (Lipinski definition) is 3. The van der Waals surface area contributed by atoms with Gasteiger partial charge in [0, 0.05) is 22.3 Å². The minimum atomic E-state index is -0.471. The molecule has 1 heterocycles. The van der Waals surface area contributed by atoms with Crippen LogP contribution >= 0.6 is 11.8 Å². The van der Waals surface area contributed by atoms with E-state index in [9.17, 15) is 14.4 Å². The molecule has 4 aromatic rings. The van der Waals surface area contributed by atoms with Crippen LogP contribution in [0, 0.1) is 0 Å². The standard InChI is InChI=1S/C30H26N4O3S/c1-21(28(35)34-27-17-8-9-18-31-27)38-25-16-10-15-24(20-25)32-30(37)26(19-22-11-4-2-5-12-22)33-29(36)23-13-6-3-7-14-23/h2-21H,1H3,(H,32,37)(H,33,36)(H,31,34,35)/b26-19-. The first-order valence-electron chi connectivity index (χ1n) is 11.9. The van der Waals surface area contributed by atoms with Gasteiger partial charge in [-0.05, 0) is 61.0 Å². The van der Waals surface area contributed by atoms with Crippen LogP contribution in [0.1, 0.15) is 22.8 Å². The van der Waals surface area contributed by atoms with E-state index in [-0.39, 0.29) is 17.5 Å². The Balaban J connectivity index is 1.46. The van der Waals surface area contributed by atoms with Crippen LogP contribution < -0.4 is 16.0 Å². The average Bonchev–Trinajstić information content (AvgIpc) is 2.94. The summed E-state index contributed by atoms with van der Waals surface area (Å²) in [6, 6.07) is 30.5. The largest absolute Gasteiger partial charge is 0.321 e. The summed E-state index contributed by atoms with van der Waals surface area (Å²) in [5.74, 6) is -0.553. The van der Waals surface area contributed by atoms with Gasteiger partial charge in [0.15, 0.2) is 0 Å². The fraction of sp³-hybridized carbons (Fsp3) is 0.0667. The summed E-state index contributed by atoms with van der Waals surface area (Å²) in [5.41, 5.74) is 1.84. The number of carbonyl (C=O) groups excluding carboxylic acids is 3. The van der Waals surface area contributed by atoms with Gasteiger partial charge in [-0.15, -0.1) is 11.8 Å². The van der Waals surface area contributed by atoms with Crippen LogP contribution in [0.15, 0.2) is 120 Å². The lowest BCUT2D eigenvalue weighted by Gasteiger charge is -2.14. The zero-order valence-electron chi connectivity index (χ0n) is 20.6. The second-order valence-corrected chi connectivity index (χ2v) is 9.65. The lowest BCUT2D eigenvalue weighted by atomic mass is 10.1. The zero-order chi connectivity index (χ0) is 26.7. The van der Waals surface area contributed by atoms with Gasteiger partial charge in [0.25, 0.3) is 11.8 Å². The van der Waals surface area contributed by atoms with Crippen LogP contribution in [0.3, 0.4) is 0 Å². The van der Waals surface area contributed by atoms with E-state index < -0.39 is 11.2 Å². The molecule has 3 aromatic carbocycles. The second kappa shape index (κ2) is 13.0. The maximum absolute atomic E-state index is 13.3. The molecule has 0 aliphatic carbocycles. The van der Waals surface area contributed by atoms with Crippen LogP contribution in [0.25, 0.3) is 6.08 Å². The first-order chi connectivity index (χ1) is 18.5. The predicted octanol–water partition coefficient (Wildman–Crippen LogP) is 5.61. The van der Waals surface area contributed by atoms with Crippen LogP contribution in [-0.2, 0) is 9.59 Å². The van der Waals surface area contributed by atoms with Gasteiger partial charge in [0.05, 0.1) is 5.25 Å². The molecular formula is C30H26N4O3S. The number of amides is 3. The lowest BCUT2D eigenvalue weighted by molar-refractivity contribution is -0.115. The van der Waals surface area contributed by atoms with Gasteiger partial charge in [0.1, 0.15) is 11.5 Å². The van der Waals surface area contributed by atoms with Gasteiger partial charge in [0.2, 0.25) is 5.91 Å². The van der Waals surface area contributed by atoms with Crippen molar-refractivity contribution in [2.24, 2.45) is 0 Å². The highest BCUT2D eigenvalue weighted by atomic mass is 32.2. The molecule has 0 aliphatic heterocycles. The Hall–Kier alpha value is -4.69. The van der Waals surface area contributed by atoms with Gasteiger partial charge in [-0.25, -0.2) is 4.98 Å². The molecule has 0 saturated carbocycles. The van der Waals surface area contributed by atoms with Gasteiger partial charge in [-0.3, -0.25) is 14.4 Å². The molecule has 1 atom stereocenters. The number of nitrogens with one attached hydrogen (secondary N) is 3. The van der Waals surface area contributed by atoms with E-state index in [4.69, 9.17) is 0 Å². The monoisotopic (exact) mass is 522 g/mol. The number of anilines is 2. The summed E-state index contributed by atoms with van der Waals surface area (Å²) in [6.45, 7) is 1.80. The number of aromatic nitrogens is 1. The van der Waals surface area contributed by atoms with E-state index in [2.05, 4.69) is 20.9 Å². The molecule has 0 fully saturated rings. The van der Waals surface area contributed by atoms with Crippen LogP contribution in [0.4, 0.5) is 11.5 Å². The molecule has 0 aliphatic rings. The summed E-state index contributed by atoms with van der Waals surface area (Å²) in [6.07, 6.45) is 3.24. The molecule has 0 saturated heterocycles. The Morgan fingerprint density at radius 3 is 2.24 bits per heavy atom. The molecule has 0 bridgehead atoms. The number of nitrogens with zero attached hydrogens (tertiary/aromatic N) is 1. The molecule has 3 N–H and O–H groups in total. The molecule has 4 rings (SSSR count). The quantitative estimate of drug-likeness (QED) is 0.196. The molecule has 1 aromatic heterocycles. The van der Waals surface area contributed by atoms with Crippen molar-refractivity contribution in [2.75, 3.05) is 10.6 Å². The Kier molecular flexibility index (Phi) is 9.04. The topological polar surface area (TPSA) is 100 Å². The van der Waals surface area contributed by atoms with E-state index in [0.717, 1.165) is 10.5 Å². The first kappa shape index (κ1) is 26.4. The summed E-state index contributed by atoms with van der Waals surface area (Å²) >= 11 is 1.36. The third-order valence-corrected chi connectivity index (χ3v) is 6.42. The third-order valence-electron chi connectivity index (χ3n) is 5.33. The van der Waals surface area contributed by atoms with Gasteiger partial charge < -0.3 is 16.0 Å². The number of hydrogen-bond acceptors (Lipinski definition) is 5. The highest BCUT2D eigenvalue weighted by molar-refractivity contribution is 8.00. The zero-order valence-corrected chi connectivity index (χ0v) is 21.4. The smallest absolute Gasteiger partial charge is 0.272 e. The number of carbonyl (C=O) groups is 3. The first-order valence-corrected chi connectivity index (χ1v) is 12.8. The van der Waals surface area contributed by atoms with E-state index in [1.807, 2.05) is 42.5 Å². The summed E-state index contributed by atoms with van der Waals surface area (Å²) in [7, 11) is 0. The maximum atomic E-state index is 13.3. The number of pyridine rings is 1. The Morgan fingerprint density at radius 1 is 0.816 bits per heavy atom. The van der Waals surface area contributed by atoms with Crippen molar-refractivity contribution in [3.63, 3.8) is 0 Å². The lowest BCUT2D eigenvalue weighted by Crippen LogP contribution is -2.30. The Morgan fingerprint density at radius 2 is 1.53 bits per heavy atom. The highest BCUT2D eigenvalue weighted by Gasteiger charge is 2.17. The normalized spacial score (nSPS) is 11.8. The third kappa shape index (κ3) is 7.65. The maximum Gasteiger partial charge on any atom is 0.272 e. The molecule has 3 amide bonds. The molecule has 0 spiro atoms. The van der Waals surface area contributed by atoms with Crippen molar-refractivity contribution in [2.45, 2.75) is 17.1 Å². The number of rotatable bonds is 9. The average molecular weight is 523 g/mol.